The van der Waals surface area contributed by atoms with Gasteiger partial charge in [-0.15, -0.1) is 0 Å². The van der Waals surface area contributed by atoms with Crippen molar-refractivity contribution in [1.29, 1.82) is 0 Å². The molecule has 3 rings (SSSR count). The summed E-state index contributed by atoms with van der Waals surface area (Å²) in [5.41, 5.74) is 8.22. The van der Waals surface area contributed by atoms with Gasteiger partial charge in [0.15, 0.2) is 0 Å². The topological polar surface area (TPSA) is 91.3 Å². The first kappa shape index (κ1) is 18.8. The second kappa shape index (κ2) is 7.75. The van der Waals surface area contributed by atoms with E-state index in [0.29, 0.717) is 32.6 Å². The van der Waals surface area contributed by atoms with E-state index >= 15 is 0 Å². The minimum Gasteiger partial charge on any atom is -0.350 e. The largest absolute Gasteiger partial charge is 0.350 e. The molecule has 3 heterocycles. The maximum atomic E-state index is 12.3. The number of nitrogens with zero attached hydrogens (tertiary/aromatic N) is 3. The monoisotopic (exact) mass is 362 g/mol. The lowest BCUT2D eigenvalue weighted by atomic mass is 9.93. The maximum Gasteiger partial charge on any atom is 0.225 e. The van der Waals surface area contributed by atoms with E-state index in [4.69, 9.17) is 0 Å². The van der Waals surface area contributed by atoms with E-state index in [1.165, 1.54) is 0 Å². The molecule has 0 aromatic carbocycles. The van der Waals surface area contributed by atoms with Crippen LogP contribution in [0.1, 0.15) is 45.5 Å². The molecule has 8 nitrogen and oxygen atoms in total. The number of carbonyl (C=O) groups excluding carboxylic acids is 2. The molecule has 0 aliphatic carbocycles. The Bertz CT molecular complexity index is 661. The van der Waals surface area contributed by atoms with Gasteiger partial charge in [0.2, 0.25) is 11.8 Å². The van der Waals surface area contributed by atoms with Crippen LogP contribution in [0.4, 0.5) is 0 Å². The van der Waals surface area contributed by atoms with Crippen molar-refractivity contribution in [2.24, 2.45) is 11.8 Å². The summed E-state index contributed by atoms with van der Waals surface area (Å²) >= 11 is 0. The summed E-state index contributed by atoms with van der Waals surface area (Å²) in [5.74, 6) is 0.504. The van der Waals surface area contributed by atoms with Gasteiger partial charge in [0.1, 0.15) is 0 Å². The lowest BCUT2D eigenvalue weighted by Crippen LogP contribution is -2.40. The number of aromatic nitrogens is 2. The van der Waals surface area contributed by atoms with Gasteiger partial charge in [0, 0.05) is 36.9 Å². The highest BCUT2D eigenvalue weighted by molar-refractivity contribution is 5.78. The summed E-state index contributed by atoms with van der Waals surface area (Å²) < 4.78 is 1.94. The Morgan fingerprint density at radius 2 is 1.96 bits per heavy atom. The molecule has 8 heteroatoms. The highest BCUT2D eigenvalue weighted by Gasteiger charge is 2.31. The molecular weight excluding hydrogens is 332 g/mol. The van der Waals surface area contributed by atoms with Crippen LogP contribution in [0.2, 0.25) is 0 Å². The van der Waals surface area contributed by atoms with E-state index in [2.05, 4.69) is 35.1 Å². The van der Waals surface area contributed by atoms with Crippen molar-refractivity contribution in [2.45, 2.75) is 65.8 Å². The fourth-order valence-corrected chi connectivity index (χ4v) is 3.70. The molecule has 2 aliphatic rings. The molecule has 2 unspecified atom stereocenters. The molecule has 2 aliphatic heterocycles. The van der Waals surface area contributed by atoms with Gasteiger partial charge < -0.3 is 10.2 Å². The first-order chi connectivity index (χ1) is 12.3. The van der Waals surface area contributed by atoms with Crippen LogP contribution < -0.4 is 16.2 Å². The molecule has 1 fully saturated rings. The Hall–Kier alpha value is -1.93. The number of nitrogens with one attached hydrogen (secondary N) is 3. The third-order valence-electron chi connectivity index (χ3n) is 5.36. The van der Waals surface area contributed by atoms with Crippen LogP contribution in [0.25, 0.3) is 0 Å². The van der Waals surface area contributed by atoms with E-state index in [0.717, 1.165) is 11.4 Å². The highest BCUT2D eigenvalue weighted by Crippen LogP contribution is 2.19. The van der Waals surface area contributed by atoms with Crippen LogP contribution in [-0.2, 0) is 29.2 Å². The number of amides is 2. The number of carbonyl (C=O) groups is 2. The number of hydrogen-bond donors (Lipinski definition) is 3. The van der Waals surface area contributed by atoms with Crippen molar-refractivity contribution in [3.8, 4) is 0 Å². The molecule has 0 radical (unpaired) electrons. The van der Waals surface area contributed by atoms with Gasteiger partial charge in [0.05, 0.1) is 31.0 Å². The lowest BCUT2D eigenvalue weighted by molar-refractivity contribution is -0.136. The minimum absolute atomic E-state index is 0.00702. The molecule has 26 heavy (non-hydrogen) atoms. The molecule has 2 amide bonds. The molecule has 1 saturated heterocycles. The van der Waals surface area contributed by atoms with Crippen LogP contribution in [0.5, 0.6) is 0 Å². The fraction of sp³-hybridized carbons (Fsp3) is 0.722. The Morgan fingerprint density at radius 3 is 2.62 bits per heavy atom. The third kappa shape index (κ3) is 4.07. The van der Waals surface area contributed by atoms with E-state index in [1.807, 2.05) is 29.5 Å². The molecule has 1 aromatic heterocycles. The van der Waals surface area contributed by atoms with Crippen molar-refractivity contribution in [1.82, 2.24) is 30.8 Å². The highest BCUT2D eigenvalue weighted by atomic mass is 16.2. The van der Waals surface area contributed by atoms with E-state index in [9.17, 15) is 9.59 Å². The Labute approximate surface area is 154 Å². The average Bonchev–Trinajstić information content (AvgIpc) is 3.16. The molecule has 0 saturated carbocycles. The maximum absolute atomic E-state index is 12.3. The van der Waals surface area contributed by atoms with Gasteiger partial charge in [0.25, 0.3) is 0 Å². The smallest absolute Gasteiger partial charge is 0.225 e. The normalized spacial score (nSPS) is 25.4. The van der Waals surface area contributed by atoms with Gasteiger partial charge >= 0.3 is 0 Å². The lowest BCUT2D eigenvalue weighted by Gasteiger charge is -2.29. The zero-order valence-electron chi connectivity index (χ0n) is 16.1. The van der Waals surface area contributed by atoms with Crippen molar-refractivity contribution < 1.29 is 9.59 Å². The van der Waals surface area contributed by atoms with Crippen molar-refractivity contribution in [2.75, 3.05) is 6.54 Å². The van der Waals surface area contributed by atoms with Gasteiger partial charge in [-0.05, 0) is 19.9 Å². The van der Waals surface area contributed by atoms with Crippen LogP contribution >= 0.6 is 0 Å². The molecule has 3 N–H and O–H groups in total. The molecule has 1 aromatic rings. The fourth-order valence-electron chi connectivity index (χ4n) is 3.70. The molecule has 144 valence electrons. The standard InChI is InChI=1S/C18H30N6O2/c1-11(2)18(26)23-5-6-24-15(10-23)7-14(22-24)9-19-17(25)8-16-12(3)20-21-13(16)4/h7,11-13,16,20-21H,5-6,8-10H2,1-4H3,(H,19,25). The Kier molecular flexibility index (Phi) is 5.62. The summed E-state index contributed by atoms with van der Waals surface area (Å²) in [4.78, 5) is 26.3. The van der Waals surface area contributed by atoms with E-state index < -0.39 is 0 Å². The summed E-state index contributed by atoms with van der Waals surface area (Å²) in [6, 6.07) is 2.55. The number of hydrazine groups is 1. The SMILES string of the molecule is CC(C)C(=O)N1CCn2nc(CNC(=O)CC3C(C)NNC3C)cc2C1. The quantitative estimate of drug-likeness (QED) is 0.705. The molecular formula is C18H30N6O2. The van der Waals surface area contributed by atoms with Gasteiger partial charge in [-0.25, -0.2) is 0 Å². The molecule has 2 atom stereocenters. The number of fused-ring (bicyclic) bond motifs is 1. The van der Waals surface area contributed by atoms with Crippen LogP contribution in [0.3, 0.4) is 0 Å². The van der Waals surface area contributed by atoms with Gasteiger partial charge in [-0.2, -0.15) is 5.10 Å². The zero-order chi connectivity index (χ0) is 18.8. The van der Waals surface area contributed by atoms with Crippen LogP contribution in [0.15, 0.2) is 6.07 Å². The van der Waals surface area contributed by atoms with Gasteiger partial charge in [-0.3, -0.25) is 25.1 Å². The van der Waals surface area contributed by atoms with Crippen LogP contribution in [0, 0.1) is 11.8 Å². The first-order valence-corrected chi connectivity index (χ1v) is 9.47. The first-order valence-electron chi connectivity index (χ1n) is 9.47. The summed E-state index contributed by atoms with van der Waals surface area (Å²) in [6.07, 6.45) is 0.493. The number of hydrogen-bond acceptors (Lipinski definition) is 5. The van der Waals surface area contributed by atoms with E-state index in [-0.39, 0.29) is 35.7 Å². The average molecular weight is 362 g/mol. The van der Waals surface area contributed by atoms with Crippen molar-refractivity contribution in [3.63, 3.8) is 0 Å². The number of rotatable bonds is 5. The van der Waals surface area contributed by atoms with Crippen molar-refractivity contribution in [3.05, 3.63) is 17.5 Å². The van der Waals surface area contributed by atoms with Crippen molar-refractivity contribution >= 4 is 11.8 Å². The predicted molar refractivity (Wildman–Crippen MR) is 97.6 cm³/mol. The Morgan fingerprint density at radius 1 is 1.27 bits per heavy atom. The Balaban J connectivity index is 1.53. The zero-order valence-corrected chi connectivity index (χ0v) is 16.1. The summed E-state index contributed by atoms with van der Waals surface area (Å²) in [7, 11) is 0. The van der Waals surface area contributed by atoms with Gasteiger partial charge in [-0.1, -0.05) is 13.8 Å². The second-order valence-corrected chi connectivity index (χ2v) is 7.78. The van der Waals surface area contributed by atoms with Crippen LogP contribution in [-0.4, -0.2) is 45.1 Å². The third-order valence-corrected chi connectivity index (χ3v) is 5.36. The molecule has 0 spiro atoms. The predicted octanol–water partition coefficient (Wildman–Crippen LogP) is 0.389. The summed E-state index contributed by atoms with van der Waals surface area (Å²) in [5, 5.41) is 7.54. The van der Waals surface area contributed by atoms with E-state index in [1.54, 1.807) is 0 Å². The molecule has 0 bridgehead atoms. The minimum atomic E-state index is 0.00702. The summed E-state index contributed by atoms with van der Waals surface area (Å²) in [6.45, 7) is 10.4. The second-order valence-electron chi connectivity index (χ2n) is 7.78.